The third-order valence-electron chi connectivity index (χ3n) is 6.59. The Morgan fingerprint density at radius 3 is 2.64 bits per heavy atom. The molecule has 0 spiro atoms. The molecule has 0 radical (unpaired) electrons. The van der Waals surface area contributed by atoms with Gasteiger partial charge in [-0.1, -0.05) is 42.5 Å². The number of hydrogen-bond donors (Lipinski definition) is 3. The van der Waals surface area contributed by atoms with Crippen molar-refractivity contribution < 1.29 is 4.79 Å². The molecule has 146 valence electrons. The van der Waals surface area contributed by atoms with Gasteiger partial charge in [0.25, 0.3) is 0 Å². The van der Waals surface area contributed by atoms with E-state index < -0.39 is 0 Å². The monoisotopic (exact) mass is 375 g/mol. The highest BCUT2D eigenvalue weighted by Crippen LogP contribution is 2.48. The molecule has 1 saturated heterocycles. The predicted molar refractivity (Wildman–Crippen MR) is 112 cm³/mol. The van der Waals surface area contributed by atoms with Gasteiger partial charge in [-0.2, -0.15) is 0 Å². The van der Waals surface area contributed by atoms with Crippen LogP contribution in [0.15, 0.2) is 48.5 Å². The van der Waals surface area contributed by atoms with Gasteiger partial charge in [-0.3, -0.25) is 4.79 Å². The summed E-state index contributed by atoms with van der Waals surface area (Å²) in [5.41, 5.74) is 4.85. The molecule has 28 heavy (non-hydrogen) atoms. The zero-order chi connectivity index (χ0) is 19.1. The molecule has 2 aromatic rings. The topological polar surface area (TPSA) is 53.2 Å². The van der Waals surface area contributed by atoms with Gasteiger partial charge in [0.1, 0.15) is 0 Å². The lowest BCUT2D eigenvalue weighted by Crippen LogP contribution is -2.49. The molecule has 2 heterocycles. The van der Waals surface area contributed by atoms with Crippen molar-refractivity contribution in [3.63, 3.8) is 0 Å². The minimum absolute atomic E-state index is 0.0733. The quantitative estimate of drug-likeness (QED) is 0.737. The molecule has 4 heteroatoms. The second-order valence-electron chi connectivity index (χ2n) is 8.75. The van der Waals surface area contributed by atoms with E-state index in [0.29, 0.717) is 24.0 Å². The maximum Gasteiger partial charge on any atom is 0.232 e. The van der Waals surface area contributed by atoms with Gasteiger partial charge in [-0.15, -0.1) is 0 Å². The Hall–Kier alpha value is -2.17. The Bertz CT molecular complexity index is 861. The first kappa shape index (κ1) is 17.9. The van der Waals surface area contributed by atoms with Crippen molar-refractivity contribution in [2.24, 2.45) is 5.92 Å². The van der Waals surface area contributed by atoms with Crippen LogP contribution in [0.25, 0.3) is 0 Å². The highest BCUT2D eigenvalue weighted by Gasteiger charge is 2.42. The molecule has 0 aromatic heterocycles. The SMILES string of the molecule is CC1CCC(NCc2ccc3c(c2)C(C2CC2)C(=O)N3)C(c2ccccc2)N1. The van der Waals surface area contributed by atoms with Crippen LogP contribution in [0.3, 0.4) is 0 Å². The summed E-state index contributed by atoms with van der Waals surface area (Å²) in [6.07, 6.45) is 4.73. The summed E-state index contributed by atoms with van der Waals surface area (Å²) in [5.74, 6) is 0.817. The standard InChI is InChI=1S/C24H29N3O/c1-15-7-11-21(23(26-15)18-5-3-2-4-6-18)25-14-16-8-12-20-19(13-16)22(17-9-10-17)24(28)27-20/h2-6,8,12-13,15,17,21-23,25-26H,7,9-11,14H2,1H3,(H,27,28). The van der Waals surface area contributed by atoms with E-state index in [-0.39, 0.29) is 11.8 Å². The third kappa shape index (κ3) is 3.47. The zero-order valence-corrected chi connectivity index (χ0v) is 16.4. The van der Waals surface area contributed by atoms with Gasteiger partial charge < -0.3 is 16.0 Å². The minimum atomic E-state index is 0.0733. The summed E-state index contributed by atoms with van der Waals surface area (Å²) in [4.78, 5) is 12.3. The molecule has 5 rings (SSSR count). The van der Waals surface area contributed by atoms with Crippen LogP contribution in [0.5, 0.6) is 0 Å². The van der Waals surface area contributed by atoms with Crippen molar-refractivity contribution in [3.8, 4) is 0 Å². The fourth-order valence-electron chi connectivity index (χ4n) is 4.90. The smallest absolute Gasteiger partial charge is 0.232 e. The average Bonchev–Trinajstić information content (AvgIpc) is 3.49. The largest absolute Gasteiger partial charge is 0.325 e. The van der Waals surface area contributed by atoms with Gasteiger partial charge in [-0.05, 0) is 61.3 Å². The lowest BCUT2D eigenvalue weighted by atomic mass is 9.89. The Morgan fingerprint density at radius 1 is 1.04 bits per heavy atom. The maximum atomic E-state index is 12.3. The fraction of sp³-hybridized carbons (Fsp3) is 0.458. The molecule has 4 unspecified atom stereocenters. The van der Waals surface area contributed by atoms with Gasteiger partial charge in [0.2, 0.25) is 5.91 Å². The number of hydrogen-bond acceptors (Lipinski definition) is 3. The van der Waals surface area contributed by atoms with E-state index in [1.807, 2.05) is 0 Å². The van der Waals surface area contributed by atoms with Crippen molar-refractivity contribution in [3.05, 3.63) is 65.2 Å². The van der Waals surface area contributed by atoms with Gasteiger partial charge >= 0.3 is 0 Å². The van der Waals surface area contributed by atoms with Crippen molar-refractivity contribution in [1.82, 2.24) is 10.6 Å². The Balaban J connectivity index is 1.31. The summed E-state index contributed by atoms with van der Waals surface area (Å²) in [6.45, 7) is 3.11. The van der Waals surface area contributed by atoms with Crippen LogP contribution in [-0.2, 0) is 11.3 Å². The lowest BCUT2D eigenvalue weighted by molar-refractivity contribution is -0.117. The number of nitrogens with one attached hydrogen (secondary N) is 3. The van der Waals surface area contributed by atoms with Crippen molar-refractivity contribution in [2.45, 2.75) is 63.2 Å². The predicted octanol–water partition coefficient (Wildman–Crippen LogP) is 4.10. The van der Waals surface area contributed by atoms with E-state index in [0.717, 1.165) is 12.2 Å². The number of carbonyl (C=O) groups excluding carboxylic acids is 1. The second kappa shape index (κ2) is 7.34. The number of rotatable bonds is 5. The molecule has 1 amide bonds. The van der Waals surface area contributed by atoms with E-state index in [4.69, 9.17) is 0 Å². The highest BCUT2D eigenvalue weighted by atomic mass is 16.2. The molecule has 2 aliphatic heterocycles. The first-order valence-corrected chi connectivity index (χ1v) is 10.7. The van der Waals surface area contributed by atoms with Crippen LogP contribution in [0.1, 0.15) is 61.3 Å². The van der Waals surface area contributed by atoms with Crippen LogP contribution >= 0.6 is 0 Å². The molecule has 2 aromatic carbocycles. The summed E-state index contributed by atoms with van der Waals surface area (Å²) < 4.78 is 0. The van der Waals surface area contributed by atoms with Crippen LogP contribution in [0, 0.1) is 5.92 Å². The Labute approximate surface area is 167 Å². The number of benzene rings is 2. The average molecular weight is 376 g/mol. The molecule has 4 atom stereocenters. The Kier molecular flexibility index (Phi) is 4.69. The van der Waals surface area contributed by atoms with Gasteiger partial charge in [-0.25, -0.2) is 0 Å². The van der Waals surface area contributed by atoms with Gasteiger partial charge in [0.05, 0.1) is 5.92 Å². The zero-order valence-electron chi connectivity index (χ0n) is 16.4. The van der Waals surface area contributed by atoms with Crippen LogP contribution in [-0.4, -0.2) is 18.0 Å². The molecule has 1 aliphatic carbocycles. The number of fused-ring (bicyclic) bond motifs is 1. The summed E-state index contributed by atoms with van der Waals surface area (Å²) >= 11 is 0. The second-order valence-corrected chi connectivity index (χ2v) is 8.75. The summed E-state index contributed by atoms with van der Waals surface area (Å²) in [5, 5.41) is 10.6. The molecule has 2 fully saturated rings. The number of piperidine rings is 1. The van der Waals surface area contributed by atoms with Gasteiger partial charge in [0.15, 0.2) is 0 Å². The Morgan fingerprint density at radius 2 is 1.86 bits per heavy atom. The fourth-order valence-corrected chi connectivity index (χ4v) is 4.90. The highest BCUT2D eigenvalue weighted by molar-refractivity contribution is 6.03. The molecule has 1 saturated carbocycles. The maximum absolute atomic E-state index is 12.3. The van der Waals surface area contributed by atoms with Crippen molar-refractivity contribution in [2.75, 3.05) is 5.32 Å². The minimum Gasteiger partial charge on any atom is -0.325 e. The first-order chi connectivity index (χ1) is 13.7. The van der Waals surface area contributed by atoms with Gasteiger partial charge in [0, 0.05) is 30.4 Å². The molecular formula is C24H29N3O. The first-order valence-electron chi connectivity index (χ1n) is 10.7. The van der Waals surface area contributed by atoms with Crippen molar-refractivity contribution >= 4 is 11.6 Å². The number of carbonyl (C=O) groups is 1. The summed E-state index contributed by atoms with van der Waals surface area (Å²) in [7, 11) is 0. The van der Waals surface area contributed by atoms with E-state index in [9.17, 15) is 4.79 Å². The third-order valence-corrected chi connectivity index (χ3v) is 6.59. The number of amides is 1. The molecular weight excluding hydrogens is 346 g/mol. The van der Waals surface area contributed by atoms with E-state index in [1.54, 1.807) is 0 Å². The molecule has 4 nitrogen and oxygen atoms in total. The molecule has 0 bridgehead atoms. The molecule has 3 aliphatic rings. The van der Waals surface area contributed by atoms with E-state index in [1.165, 1.54) is 42.4 Å². The summed E-state index contributed by atoms with van der Waals surface area (Å²) in [6, 6.07) is 18.5. The number of anilines is 1. The lowest BCUT2D eigenvalue weighted by Gasteiger charge is -2.37. The van der Waals surface area contributed by atoms with Crippen LogP contribution in [0.4, 0.5) is 5.69 Å². The van der Waals surface area contributed by atoms with E-state index >= 15 is 0 Å². The van der Waals surface area contributed by atoms with E-state index in [2.05, 4.69) is 71.4 Å². The normalized spacial score (nSPS) is 29.4. The molecule has 3 N–H and O–H groups in total. The van der Waals surface area contributed by atoms with Crippen molar-refractivity contribution in [1.29, 1.82) is 0 Å². The van der Waals surface area contributed by atoms with Crippen LogP contribution < -0.4 is 16.0 Å². The van der Waals surface area contributed by atoms with Crippen LogP contribution in [0.2, 0.25) is 0 Å².